The third kappa shape index (κ3) is 0.535. The predicted molar refractivity (Wildman–Crippen MR) is 68.2 cm³/mol. The molecule has 10 atom stereocenters. The Hall–Kier alpha value is 1.46. The van der Waals surface area contributed by atoms with Gasteiger partial charge in [0.1, 0.15) is 0 Å². The fourth-order valence-electron chi connectivity index (χ4n) is 6.45. The molecule has 2 heteroatoms. The molecule has 0 aromatic carbocycles. The number of alkyl halides is 2. The molecule has 6 aliphatic rings. The summed E-state index contributed by atoms with van der Waals surface area (Å²) in [5, 5.41) is 0. The summed E-state index contributed by atoms with van der Waals surface area (Å²) >= 11 is 5.61. The lowest BCUT2D eigenvalue weighted by atomic mass is 9.71. The van der Waals surface area contributed by atoms with Crippen LogP contribution in [0.3, 0.4) is 0 Å². The lowest BCUT2D eigenvalue weighted by Gasteiger charge is -2.33. The molecule has 0 aromatic heterocycles. The SMILES string of the molecule is I[C@@H]1C2C3CC4C2C2C1C3C4[C@@H]2I. The van der Waals surface area contributed by atoms with Gasteiger partial charge in [0.05, 0.1) is 0 Å². The fraction of sp³-hybridized carbons (Fsp3) is 1.00. The summed E-state index contributed by atoms with van der Waals surface area (Å²) in [6.45, 7) is 0. The van der Waals surface area contributed by atoms with Crippen LogP contribution in [0.5, 0.6) is 0 Å². The molecule has 6 rings (SSSR count). The first-order valence-electron chi connectivity index (χ1n) is 5.59. The van der Waals surface area contributed by atoms with E-state index in [4.69, 9.17) is 0 Å². The Morgan fingerprint density at radius 3 is 1.54 bits per heavy atom. The summed E-state index contributed by atoms with van der Waals surface area (Å²) in [5.74, 6) is 9.62. The molecular weight excluding hydrogens is 386 g/mol. The summed E-state index contributed by atoms with van der Waals surface area (Å²) < 4.78 is 2.19. The van der Waals surface area contributed by atoms with Gasteiger partial charge < -0.3 is 0 Å². The Morgan fingerprint density at radius 1 is 0.615 bits per heavy atom. The Balaban J connectivity index is 1.86. The number of hydrogen-bond donors (Lipinski definition) is 0. The second-order valence-corrected chi connectivity index (χ2v) is 8.79. The maximum absolute atomic E-state index is 2.81. The van der Waals surface area contributed by atoms with Crippen molar-refractivity contribution in [2.24, 2.45) is 47.3 Å². The molecule has 0 nitrogen and oxygen atoms in total. The second-order valence-electron chi connectivity index (χ2n) is 5.92. The molecule has 0 spiro atoms. The quantitative estimate of drug-likeness (QED) is 0.435. The maximum Gasteiger partial charge on any atom is 0.0178 e. The van der Waals surface area contributed by atoms with Crippen molar-refractivity contribution in [3.63, 3.8) is 0 Å². The van der Waals surface area contributed by atoms with E-state index >= 15 is 0 Å². The highest BCUT2D eigenvalue weighted by Gasteiger charge is 2.82. The van der Waals surface area contributed by atoms with Crippen molar-refractivity contribution in [2.45, 2.75) is 14.3 Å². The van der Waals surface area contributed by atoms with Gasteiger partial charge in [0, 0.05) is 7.85 Å². The van der Waals surface area contributed by atoms with Crippen LogP contribution >= 0.6 is 45.2 Å². The molecule has 70 valence electrons. The van der Waals surface area contributed by atoms with E-state index in [2.05, 4.69) is 45.2 Å². The first-order valence-corrected chi connectivity index (χ1v) is 8.08. The van der Waals surface area contributed by atoms with Gasteiger partial charge in [0.15, 0.2) is 0 Å². The summed E-state index contributed by atoms with van der Waals surface area (Å²) in [4.78, 5) is 0. The Bertz CT molecular complexity index is 281. The van der Waals surface area contributed by atoms with Crippen LogP contribution in [0.25, 0.3) is 0 Å². The summed E-state index contributed by atoms with van der Waals surface area (Å²) in [7, 11) is 0. The van der Waals surface area contributed by atoms with Gasteiger partial charge in [0.25, 0.3) is 0 Å². The zero-order valence-corrected chi connectivity index (χ0v) is 11.6. The van der Waals surface area contributed by atoms with Crippen molar-refractivity contribution < 1.29 is 0 Å². The molecule has 6 fully saturated rings. The topological polar surface area (TPSA) is 0 Å². The third-order valence-electron chi connectivity index (χ3n) is 6.21. The van der Waals surface area contributed by atoms with Gasteiger partial charge in [-0.15, -0.1) is 0 Å². The molecule has 0 aliphatic heterocycles. The maximum atomic E-state index is 2.81. The van der Waals surface area contributed by atoms with E-state index in [0.29, 0.717) is 0 Å². The van der Waals surface area contributed by atoms with E-state index in [1.165, 1.54) is 47.3 Å². The summed E-state index contributed by atoms with van der Waals surface area (Å²) in [6.07, 6.45) is 1.65. The molecule has 0 heterocycles. The molecule has 0 N–H and O–H groups in total. The minimum absolute atomic E-state index is 1.09. The highest BCUT2D eigenvalue weighted by molar-refractivity contribution is 14.1. The van der Waals surface area contributed by atoms with Crippen molar-refractivity contribution >= 4 is 45.2 Å². The predicted octanol–water partition coefficient (Wildman–Crippen LogP) is 2.98. The van der Waals surface area contributed by atoms with Gasteiger partial charge in [0.2, 0.25) is 0 Å². The van der Waals surface area contributed by atoms with E-state index in [1.807, 2.05) is 0 Å². The normalized spacial score (nSPS) is 85.4. The molecule has 0 amide bonds. The van der Waals surface area contributed by atoms with Crippen molar-refractivity contribution in [2.75, 3.05) is 0 Å². The van der Waals surface area contributed by atoms with E-state index in [1.54, 1.807) is 6.42 Å². The van der Waals surface area contributed by atoms with E-state index < -0.39 is 0 Å². The van der Waals surface area contributed by atoms with E-state index in [-0.39, 0.29) is 0 Å². The largest absolute Gasteiger partial charge is 0.0820 e. The van der Waals surface area contributed by atoms with Gasteiger partial charge in [-0.1, -0.05) is 45.2 Å². The van der Waals surface area contributed by atoms with Crippen molar-refractivity contribution in [1.29, 1.82) is 0 Å². The molecule has 8 unspecified atom stereocenters. The van der Waals surface area contributed by atoms with Crippen LogP contribution in [-0.2, 0) is 0 Å². The standard InChI is InChI=1S/C11H12I2/c12-10-6-2-1-3-5(6)9-8(10)4(2)7(3)11(9)13/h2-11H,1H2/t2?,3?,4?,5?,6?,7?,8?,9?,10-,11+. The molecule has 6 bridgehead atoms. The number of rotatable bonds is 0. The summed E-state index contributed by atoms with van der Waals surface area (Å²) in [5.41, 5.74) is 0. The molecule has 13 heavy (non-hydrogen) atoms. The molecule has 6 aliphatic carbocycles. The highest BCUT2D eigenvalue weighted by atomic mass is 127. The van der Waals surface area contributed by atoms with Crippen LogP contribution < -0.4 is 0 Å². The molecule has 0 aromatic rings. The van der Waals surface area contributed by atoms with Gasteiger partial charge >= 0.3 is 0 Å². The highest BCUT2D eigenvalue weighted by Crippen LogP contribution is 2.84. The number of halogens is 2. The lowest BCUT2D eigenvalue weighted by molar-refractivity contribution is 0.132. The monoisotopic (exact) mass is 398 g/mol. The van der Waals surface area contributed by atoms with Gasteiger partial charge in [-0.25, -0.2) is 0 Å². The Kier molecular flexibility index (Phi) is 1.17. The third-order valence-corrected chi connectivity index (χ3v) is 9.54. The van der Waals surface area contributed by atoms with E-state index in [9.17, 15) is 0 Å². The summed E-state index contributed by atoms with van der Waals surface area (Å²) in [6, 6.07) is 0. The van der Waals surface area contributed by atoms with Crippen LogP contribution in [-0.4, -0.2) is 7.85 Å². The van der Waals surface area contributed by atoms with Crippen LogP contribution in [0.2, 0.25) is 0 Å². The minimum Gasteiger partial charge on any atom is -0.0820 e. The average molecular weight is 398 g/mol. The zero-order chi connectivity index (χ0) is 8.48. The average Bonchev–Trinajstić information content (AvgIpc) is 2.78. The first-order chi connectivity index (χ1) is 6.30. The first kappa shape index (κ1) is 7.69. The molecule has 0 radical (unpaired) electrons. The van der Waals surface area contributed by atoms with E-state index in [0.717, 1.165) is 7.85 Å². The molecule has 6 saturated carbocycles. The van der Waals surface area contributed by atoms with Crippen LogP contribution in [0.1, 0.15) is 6.42 Å². The molecular formula is C11H12I2. The van der Waals surface area contributed by atoms with Gasteiger partial charge in [-0.3, -0.25) is 0 Å². The van der Waals surface area contributed by atoms with Gasteiger partial charge in [-0.2, -0.15) is 0 Å². The fourth-order valence-corrected chi connectivity index (χ4v) is 10.4. The zero-order valence-electron chi connectivity index (χ0n) is 7.24. The van der Waals surface area contributed by atoms with Crippen molar-refractivity contribution in [3.8, 4) is 0 Å². The smallest absolute Gasteiger partial charge is 0.0178 e. The number of hydrogen-bond acceptors (Lipinski definition) is 0. The Morgan fingerprint density at radius 2 is 1.08 bits per heavy atom. The van der Waals surface area contributed by atoms with Crippen LogP contribution in [0.4, 0.5) is 0 Å². The lowest BCUT2D eigenvalue weighted by Crippen LogP contribution is -2.30. The Labute approximate surface area is 106 Å². The van der Waals surface area contributed by atoms with Crippen molar-refractivity contribution in [3.05, 3.63) is 0 Å². The van der Waals surface area contributed by atoms with Crippen molar-refractivity contribution in [1.82, 2.24) is 0 Å². The van der Waals surface area contributed by atoms with Crippen LogP contribution in [0, 0.1) is 47.3 Å². The second kappa shape index (κ2) is 1.98. The van der Waals surface area contributed by atoms with Gasteiger partial charge in [-0.05, 0) is 53.8 Å². The molecule has 0 saturated heterocycles. The van der Waals surface area contributed by atoms with Crippen LogP contribution in [0.15, 0.2) is 0 Å². The minimum atomic E-state index is 1.09.